The normalized spacial score (nSPS) is 10.7. The van der Waals surface area contributed by atoms with Crippen LogP contribution in [0.25, 0.3) is 0 Å². The SMILES string of the molecule is CC(C)(C#N)CNC(=O)CCc1cccc(N)c1. The summed E-state index contributed by atoms with van der Waals surface area (Å²) < 4.78 is 0. The number of benzene rings is 1. The molecule has 4 nitrogen and oxygen atoms in total. The van der Waals surface area contributed by atoms with Crippen molar-refractivity contribution >= 4 is 11.6 Å². The molecule has 96 valence electrons. The van der Waals surface area contributed by atoms with Gasteiger partial charge in [0.05, 0.1) is 11.5 Å². The molecule has 0 saturated heterocycles. The van der Waals surface area contributed by atoms with Crippen LogP contribution in [-0.2, 0) is 11.2 Å². The Morgan fingerprint density at radius 2 is 2.22 bits per heavy atom. The first-order valence-corrected chi connectivity index (χ1v) is 5.95. The standard InChI is InChI=1S/C14H19N3O/c1-14(2,9-15)10-17-13(18)7-6-11-4-3-5-12(16)8-11/h3-5,8H,6-7,10,16H2,1-2H3,(H,17,18). The minimum atomic E-state index is -0.521. The van der Waals surface area contributed by atoms with Crippen molar-refractivity contribution in [2.24, 2.45) is 5.41 Å². The van der Waals surface area contributed by atoms with E-state index in [0.29, 0.717) is 25.1 Å². The van der Waals surface area contributed by atoms with Crippen molar-refractivity contribution in [3.05, 3.63) is 29.8 Å². The van der Waals surface area contributed by atoms with Gasteiger partial charge >= 0.3 is 0 Å². The number of carbonyl (C=O) groups excluding carboxylic acids is 1. The minimum Gasteiger partial charge on any atom is -0.399 e. The Labute approximate surface area is 108 Å². The van der Waals surface area contributed by atoms with E-state index in [1.807, 2.05) is 24.3 Å². The van der Waals surface area contributed by atoms with Gasteiger partial charge in [-0.25, -0.2) is 0 Å². The molecular weight excluding hydrogens is 226 g/mol. The molecule has 0 unspecified atom stereocenters. The van der Waals surface area contributed by atoms with Crippen LogP contribution in [0.1, 0.15) is 25.8 Å². The van der Waals surface area contributed by atoms with Gasteiger partial charge in [-0.1, -0.05) is 12.1 Å². The van der Waals surface area contributed by atoms with Gasteiger partial charge in [0, 0.05) is 18.7 Å². The highest BCUT2D eigenvalue weighted by Crippen LogP contribution is 2.11. The topological polar surface area (TPSA) is 78.9 Å². The molecule has 1 aromatic carbocycles. The average Bonchev–Trinajstić information content (AvgIpc) is 2.34. The molecule has 0 heterocycles. The molecule has 1 rings (SSSR count). The van der Waals surface area contributed by atoms with Crippen molar-refractivity contribution in [1.29, 1.82) is 5.26 Å². The number of rotatable bonds is 5. The van der Waals surface area contributed by atoms with E-state index in [2.05, 4.69) is 11.4 Å². The maximum absolute atomic E-state index is 11.6. The summed E-state index contributed by atoms with van der Waals surface area (Å²) in [7, 11) is 0. The van der Waals surface area contributed by atoms with Crippen molar-refractivity contribution in [2.75, 3.05) is 12.3 Å². The zero-order chi connectivity index (χ0) is 13.6. The number of nitriles is 1. The van der Waals surface area contributed by atoms with Crippen molar-refractivity contribution in [3.63, 3.8) is 0 Å². The first-order chi connectivity index (χ1) is 8.43. The summed E-state index contributed by atoms with van der Waals surface area (Å²) in [6, 6.07) is 9.66. The second-order valence-corrected chi connectivity index (χ2v) is 5.02. The Hall–Kier alpha value is -2.02. The molecule has 3 N–H and O–H groups in total. The lowest BCUT2D eigenvalue weighted by atomic mass is 9.96. The number of aryl methyl sites for hydroxylation is 1. The largest absolute Gasteiger partial charge is 0.399 e. The average molecular weight is 245 g/mol. The zero-order valence-corrected chi connectivity index (χ0v) is 10.9. The fraction of sp³-hybridized carbons (Fsp3) is 0.429. The lowest BCUT2D eigenvalue weighted by Gasteiger charge is -2.15. The summed E-state index contributed by atoms with van der Waals surface area (Å²) in [6.45, 7) is 3.97. The molecule has 0 aliphatic rings. The van der Waals surface area contributed by atoms with Crippen LogP contribution in [0, 0.1) is 16.7 Å². The number of anilines is 1. The van der Waals surface area contributed by atoms with Crippen LogP contribution in [-0.4, -0.2) is 12.5 Å². The Morgan fingerprint density at radius 1 is 1.50 bits per heavy atom. The van der Waals surface area contributed by atoms with Gasteiger partial charge in [-0.3, -0.25) is 4.79 Å². The Bertz CT molecular complexity index is 460. The maximum atomic E-state index is 11.6. The smallest absolute Gasteiger partial charge is 0.220 e. The number of nitrogens with two attached hydrogens (primary N) is 1. The molecule has 1 aromatic rings. The first-order valence-electron chi connectivity index (χ1n) is 5.95. The lowest BCUT2D eigenvalue weighted by Crippen LogP contribution is -2.33. The number of hydrogen-bond donors (Lipinski definition) is 2. The second kappa shape index (κ2) is 6.06. The van der Waals surface area contributed by atoms with Gasteiger partial charge < -0.3 is 11.1 Å². The van der Waals surface area contributed by atoms with E-state index in [0.717, 1.165) is 5.56 Å². The highest BCUT2D eigenvalue weighted by atomic mass is 16.1. The van der Waals surface area contributed by atoms with E-state index in [-0.39, 0.29) is 5.91 Å². The van der Waals surface area contributed by atoms with E-state index in [1.165, 1.54) is 0 Å². The Balaban J connectivity index is 2.36. The molecule has 1 amide bonds. The van der Waals surface area contributed by atoms with Crippen LogP contribution >= 0.6 is 0 Å². The maximum Gasteiger partial charge on any atom is 0.220 e. The Kier molecular flexibility index (Phi) is 4.73. The third-order valence-electron chi connectivity index (χ3n) is 2.62. The molecule has 0 aliphatic heterocycles. The third-order valence-corrected chi connectivity index (χ3v) is 2.62. The summed E-state index contributed by atoms with van der Waals surface area (Å²) >= 11 is 0. The van der Waals surface area contributed by atoms with E-state index in [4.69, 9.17) is 11.0 Å². The van der Waals surface area contributed by atoms with Gasteiger partial charge in [0.25, 0.3) is 0 Å². The Morgan fingerprint density at radius 3 is 2.83 bits per heavy atom. The van der Waals surface area contributed by atoms with Gasteiger partial charge in [0.2, 0.25) is 5.91 Å². The molecule has 0 bridgehead atoms. The van der Waals surface area contributed by atoms with Gasteiger partial charge in [0.1, 0.15) is 0 Å². The summed E-state index contributed by atoms with van der Waals surface area (Å²) in [4.78, 5) is 11.6. The van der Waals surface area contributed by atoms with Gasteiger partial charge in [-0.15, -0.1) is 0 Å². The van der Waals surface area contributed by atoms with Gasteiger partial charge in [-0.05, 0) is 38.0 Å². The van der Waals surface area contributed by atoms with E-state index >= 15 is 0 Å². The predicted octanol–water partition coefficient (Wildman–Crippen LogP) is 1.87. The van der Waals surface area contributed by atoms with E-state index < -0.39 is 5.41 Å². The summed E-state index contributed by atoms with van der Waals surface area (Å²) in [5.41, 5.74) is 6.89. The molecule has 0 fully saturated rings. The van der Waals surface area contributed by atoms with E-state index in [1.54, 1.807) is 13.8 Å². The predicted molar refractivity (Wildman–Crippen MR) is 71.6 cm³/mol. The summed E-state index contributed by atoms with van der Waals surface area (Å²) in [6.07, 6.45) is 1.06. The summed E-state index contributed by atoms with van der Waals surface area (Å²) in [5, 5.41) is 11.6. The number of nitrogens with zero attached hydrogens (tertiary/aromatic N) is 1. The first kappa shape index (κ1) is 14.0. The van der Waals surface area contributed by atoms with Crippen LogP contribution in [0.2, 0.25) is 0 Å². The van der Waals surface area contributed by atoms with Crippen molar-refractivity contribution < 1.29 is 4.79 Å². The molecule has 18 heavy (non-hydrogen) atoms. The van der Waals surface area contributed by atoms with Gasteiger partial charge in [0.15, 0.2) is 0 Å². The number of hydrogen-bond acceptors (Lipinski definition) is 3. The summed E-state index contributed by atoms with van der Waals surface area (Å²) in [5.74, 6) is -0.0410. The molecule has 0 spiro atoms. The van der Waals surface area contributed by atoms with Crippen LogP contribution in [0.5, 0.6) is 0 Å². The second-order valence-electron chi connectivity index (χ2n) is 5.02. The molecule has 0 aliphatic carbocycles. The monoisotopic (exact) mass is 245 g/mol. The highest BCUT2D eigenvalue weighted by molar-refractivity contribution is 5.76. The quantitative estimate of drug-likeness (QED) is 0.777. The fourth-order valence-corrected chi connectivity index (χ4v) is 1.45. The number of amides is 1. The van der Waals surface area contributed by atoms with Crippen LogP contribution in [0.4, 0.5) is 5.69 Å². The molecule has 0 aromatic heterocycles. The number of nitrogen functional groups attached to an aromatic ring is 1. The van der Waals surface area contributed by atoms with Crippen molar-refractivity contribution in [1.82, 2.24) is 5.32 Å². The molecular formula is C14H19N3O. The van der Waals surface area contributed by atoms with Crippen LogP contribution in [0.3, 0.4) is 0 Å². The number of nitrogens with one attached hydrogen (secondary N) is 1. The van der Waals surface area contributed by atoms with E-state index in [9.17, 15) is 4.79 Å². The molecule has 4 heteroatoms. The zero-order valence-electron chi connectivity index (χ0n) is 10.9. The lowest BCUT2D eigenvalue weighted by molar-refractivity contribution is -0.121. The fourth-order valence-electron chi connectivity index (χ4n) is 1.45. The molecule has 0 radical (unpaired) electrons. The van der Waals surface area contributed by atoms with Crippen molar-refractivity contribution in [3.8, 4) is 6.07 Å². The minimum absolute atomic E-state index is 0.0410. The number of carbonyl (C=O) groups is 1. The molecule has 0 saturated carbocycles. The van der Waals surface area contributed by atoms with Crippen LogP contribution < -0.4 is 11.1 Å². The van der Waals surface area contributed by atoms with Crippen LogP contribution in [0.15, 0.2) is 24.3 Å². The van der Waals surface area contributed by atoms with Crippen molar-refractivity contribution in [2.45, 2.75) is 26.7 Å². The molecule has 0 atom stereocenters. The third kappa shape index (κ3) is 4.88. The highest BCUT2D eigenvalue weighted by Gasteiger charge is 2.17. The van der Waals surface area contributed by atoms with Gasteiger partial charge in [-0.2, -0.15) is 5.26 Å².